The monoisotopic (exact) mass is 279 g/mol. The molecule has 1 heterocycles. The molecule has 0 spiro atoms. The summed E-state index contributed by atoms with van der Waals surface area (Å²) in [4.78, 5) is 27.3. The number of likely N-dealkylation sites (tertiary alicyclic amines) is 1. The summed E-state index contributed by atoms with van der Waals surface area (Å²) in [7, 11) is 0. The summed E-state index contributed by atoms with van der Waals surface area (Å²) >= 11 is 0. The highest BCUT2D eigenvalue weighted by atomic mass is 16.5. The number of ketones is 1. The summed E-state index contributed by atoms with van der Waals surface area (Å²) in [6.45, 7) is 3.64. The minimum absolute atomic E-state index is 0.0649. The van der Waals surface area contributed by atoms with Crippen molar-refractivity contribution in [1.82, 2.24) is 4.90 Å². The number of ether oxygens (including phenoxy) is 1. The Labute approximate surface area is 120 Å². The van der Waals surface area contributed by atoms with Crippen LogP contribution >= 0.6 is 0 Å². The summed E-state index contributed by atoms with van der Waals surface area (Å²) < 4.78 is 5.22. The maximum Gasteiger partial charge on any atom is 0.320 e. The zero-order valence-corrected chi connectivity index (χ0v) is 12.4. The van der Waals surface area contributed by atoms with Crippen molar-refractivity contribution < 1.29 is 14.3 Å². The van der Waals surface area contributed by atoms with Crippen molar-refractivity contribution in [3.05, 3.63) is 0 Å². The fraction of sp³-hybridized carbons (Fsp3) is 0.875. The SMILES string of the molecule is CCOC(=O)[C@@]12CC[C@@H](CN(C3CCCCC3)C1)C2=O. The fourth-order valence-corrected chi connectivity index (χ4v) is 4.35. The van der Waals surface area contributed by atoms with Crippen LogP contribution < -0.4 is 0 Å². The van der Waals surface area contributed by atoms with Gasteiger partial charge in [-0.3, -0.25) is 14.5 Å². The first-order valence-electron chi connectivity index (χ1n) is 8.13. The lowest BCUT2D eigenvalue weighted by Gasteiger charge is -2.42. The Hall–Kier alpha value is -0.900. The van der Waals surface area contributed by atoms with Crippen molar-refractivity contribution in [2.24, 2.45) is 11.3 Å². The van der Waals surface area contributed by atoms with Crippen LogP contribution in [-0.4, -0.2) is 42.4 Å². The predicted molar refractivity (Wildman–Crippen MR) is 75.2 cm³/mol. The number of carbonyl (C=O) groups is 2. The molecule has 0 amide bonds. The average Bonchev–Trinajstić information content (AvgIpc) is 2.67. The highest BCUT2D eigenvalue weighted by Gasteiger charge is 2.58. The Kier molecular flexibility index (Phi) is 3.85. The molecule has 1 aliphatic heterocycles. The molecular weight excluding hydrogens is 254 g/mol. The minimum atomic E-state index is -0.837. The number of piperidine rings is 1. The molecule has 0 aromatic heterocycles. The van der Waals surface area contributed by atoms with Gasteiger partial charge < -0.3 is 4.74 Å². The number of nitrogens with zero attached hydrogens (tertiary/aromatic N) is 1. The topological polar surface area (TPSA) is 46.6 Å². The Morgan fingerprint density at radius 3 is 2.75 bits per heavy atom. The van der Waals surface area contributed by atoms with Crippen LogP contribution in [0.3, 0.4) is 0 Å². The Morgan fingerprint density at radius 2 is 2.05 bits per heavy atom. The lowest BCUT2D eigenvalue weighted by molar-refractivity contribution is -0.163. The van der Waals surface area contributed by atoms with E-state index in [1.165, 1.54) is 32.1 Å². The van der Waals surface area contributed by atoms with E-state index in [1.807, 2.05) is 6.92 Å². The van der Waals surface area contributed by atoms with E-state index in [9.17, 15) is 9.59 Å². The van der Waals surface area contributed by atoms with Crippen LogP contribution in [0.25, 0.3) is 0 Å². The molecular formula is C16H25NO3. The van der Waals surface area contributed by atoms with Crippen LogP contribution in [0.15, 0.2) is 0 Å². The molecule has 3 rings (SSSR count). The third-order valence-electron chi connectivity index (χ3n) is 5.45. The van der Waals surface area contributed by atoms with Crippen molar-refractivity contribution in [2.45, 2.75) is 57.9 Å². The van der Waals surface area contributed by atoms with Crippen LogP contribution in [0.4, 0.5) is 0 Å². The van der Waals surface area contributed by atoms with Gasteiger partial charge in [0.25, 0.3) is 0 Å². The van der Waals surface area contributed by atoms with Gasteiger partial charge in [0.1, 0.15) is 5.41 Å². The van der Waals surface area contributed by atoms with Crippen LogP contribution in [-0.2, 0) is 14.3 Å². The molecule has 2 saturated carbocycles. The highest BCUT2D eigenvalue weighted by Crippen LogP contribution is 2.45. The number of fused-ring (bicyclic) bond motifs is 2. The quantitative estimate of drug-likeness (QED) is 0.587. The van der Waals surface area contributed by atoms with Gasteiger partial charge in [0, 0.05) is 25.0 Å². The van der Waals surface area contributed by atoms with Gasteiger partial charge in [0.05, 0.1) is 6.61 Å². The Morgan fingerprint density at radius 1 is 1.30 bits per heavy atom. The first-order valence-corrected chi connectivity index (χ1v) is 8.13. The zero-order chi connectivity index (χ0) is 14.2. The van der Waals surface area contributed by atoms with Gasteiger partial charge in [-0.1, -0.05) is 19.3 Å². The molecule has 3 aliphatic rings. The molecule has 0 aromatic carbocycles. The van der Waals surface area contributed by atoms with E-state index in [2.05, 4.69) is 4.90 Å². The van der Waals surface area contributed by atoms with Gasteiger partial charge in [0.15, 0.2) is 5.78 Å². The largest absolute Gasteiger partial charge is 0.465 e. The number of carbonyl (C=O) groups excluding carboxylic acids is 2. The third kappa shape index (κ3) is 2.18. The molecule has 112 valence electrons. The number of rotatable bonds is 3. The summed E-state index contributed by atoms with van der Waals surface area (Å²) in [5.41, 5.74) is -0.837. The summed E-state index contributed by atoms with van der Waals surface area (Å²) in [5, 5.41) is 0. The van der Waals surface area contributed by atoms with Crippen molar-refractivity contribution in [1.29, 1.82) is 0 Å². The molecule has 3 fully saturated rings. The average molecular weight is 279 g/mol. The Balaban J connectivity index is 1.78. The molecule has 0 N–H and O–H groups in total. The van der Waals surface area contributed by atoms with Gasteiger partial charge >= 0.3 is 5.97 Å². The number of hydrogen-bond donors (Lipinski definition) is 0. The molecule has 20 heavy (non-hydrogen) atoms. The minimum Gasteiger partial charge on any atom is -0.465 e. The van der Waals surface area contributed by atoms with Crippen LogP contribution in [0.5, 0.6) is 0 Å². The van der Waals surface area contributed by atoms with Gasteiger partial charge in [-0.25, -0.2) is 0 Å². The van der Waals surface area contributed by atoms with E-state index in [1.54, 1.807) is 0 Å². The van der Waals surface area contributed by atoms with E-state index >= 15 is 0 Å². The van der Waals surface area contributed by atoms with E-state index < -0.39 is 5.41 Å². The molecule has 2 aliphatic carbocycles. The fourth-order valence-electron chi connectivity index (χ4n) is 4.35. The first kappa shape index (κ1) is 14.1. The van der Waals surface area contributed by atoms with Crippen LogP contribution in [0, 0.1) is 11.3 Å². The van der Waals surface area contributed by atoms with E-state index in [0.29, 0.717) is 25.6 Å². The predicted octanol–water partition coefficient (Wildman–Crippen LogP) is 2.16. The molecule has 0 unspecified atom stereocenters. The van der Waals surface area contributed by atoms with E-state index in [-0.39, 0.29) is 17.7 Å². The van der Waals surface area contributed by atoms with Crippen molar-refractivity contribution in [2.75, 3.05) is 19.7 Å². The van der Waals surface area contributed by atoms with Gasteiger partial charge in [-0.2, -0.15) is 0 Å². The number of Topliss-reactive ketones (excluding diaryl/α,β-unsaturated/α-hetero) is 1. The summed E-state index contributed by atoms with van der Waals surface area (Å²) in [6.07, 6.45) is 7.90. The molecule has 4 heteroatoms. The molecule has 2 atom stereocenters. The zero-order valence-electron chi connectivity index (χ0n) is 12.4. The molecule has 0 radical (unpaired) electrons. The number of esters is 1. The van der Waals surface area contributed by atoms with Gasteiger partial charge in [0.2, 0.25) is 0 Å². The first-order chi connectivity index (χ1) is 9.67. The van der Waals surface area contributed by atoms with Crippen molar-refractivity contribution in [3.63, 3.8) is 0 Å². The smallest absolute Gasteiger partial charge is 0.320 e. The van der Waals surface area contributed by atoms with Crippen molar-refractivity contribution >= 4 is 11.8 Å². The second kappa shape index (κ2) is 5.47. The van der Waals surface area contributed by atoms with Crippen LogP contribution in [0.1, 0.15) is 51.9 Å². The highest BCUT2D eigenvalue weighted by molar-refractivity contribution is 6.07. The lowest BCUT2D eigenvalue weighted by atomic mass is 9.79. The second-order valence-electron chi connectivity index (χ2n) is 6.62. The maximum atomic E-state index is 12.5. The van der Waals surface area contributed by atoms with Gasteiger partial charge in [-0.05, 0) is 32.6 Å². The van der Waals surface area contributed by atoms with Gasteiger partial charge in [-0.15, -0.1) is 0 Å². The summed E-state index contributed by atoms with van der Waals surface area (Å²) in [6, 6.07) is 0.575. The normalized spacial score (nSPS) is 35.2. The van der Waals surface area contributed by atoms with Crippen LogP contribution in [0.2, 0.25) is 0 Å². The molecule has 0 aromatic rings. The second-order valence-corrected chi connectivity index (χ2v) is 6.62. The standard InChI is InChI=1S/C16H25NO3/c1-2-20-15(19)16-9-8-12(14(16)18)10-17(11-16)13-6-4-3-5-7-13/h12-13H,2-11H2,1H3/t12-,16-/m0/s1. The third-order valence-corrected chi connectivity index (χ3v) is 5.45. The molecule has 1 saturated heterocycles. The number of hydrogen-bond acceptors (Lipinski definition) is 4. The van der Waals surface area contributed by atoms with Crippen molar-refractivity contribution in [3.8, 4) is 0 Å². The summed E-state index contributed by atoms with van der Waals surface area (Å²) in [5.74, 6) is -0.0499. The van der Waals surface area contributed by atoms with E-state index in [0.717, 1.165) is 13.0 Å². The lowest BCUT2D eigenvalue weighted by Crippen LogP contribution is -2.56. The Bertz CT molecular complexity index is 403. The molecule has 4 nitrogen and oxygen atoms in total. The molecule has 2 bridgehead atoms. The maximum absolute atomic E-state index is 12.5. The van der Waals surface area contributed by atoms with E-state index in [4.69, 9.17) is 4.74 Å².